The number of nitrogens with one attached hydrogen (secondary N) is 1. The number of benzene rings is 2. The van der Waals surface area contributed by atoms with Crippen LogP contribution >= 0.6 is 0 Å². The highest BCUT2D eigenvalue weighted by Crippen LogP contribution is 2.35. The van der Waals surface area contributed by atoms with Gasteiger partial charge in [0.1, 0.15) is 11.9 Å². The second-order valence-corrected chi connectivity index (χ2v) is 4.31. The minimum atomic E-state index is -0.426. The van der Waals surface area contributed by atoms with Gasteiger partial charge in [-0.25, -0.2) is 4.39 Å². The Balaban J connectivity index is 1.81. The summed E-state index contributed by atoms with van der Waals surface area (Å²) in [4.78, 5) is 0. The number of ether oxygens (including phenoxy) is 2. The Morgan fingerprint density at radius 3 is 3.00 bits per heavy atom. The van der Waals surface area contributed by atoms with E-state index in [0.717, 1.165) is 5.56 Å². The SMILES string of the molecule is N#Cc1cc(F)ccc1NCc1cccc2c1OCO2. The molecule has 3 rings (SSSR count). The number of para-hydroxylation sites is 1. The predicted octanol–water partition coefficient (Wildman–Crippen LogP) is 3.04. The predicted molar refractivity (Wildman–Crippen MR) is 71.0 cm³/mol. The number of hydrogen-bond donors (Lipinski definition) is 1. The zero-order valence-corrected chi connectivity index (χ0v) is 10.5. The highest BCUT2D eigenvalue weighted by Gasteiger charge is 2.17. The van der Waals surface area contributed by atoms with Crippen LogP contribution in [0.25, 0.3) is 0 Å². The third-order valence-corrected chi connectivity index (χ3v) is 3.05. The van der Waals surface area contributed by atoms with Crippen molar-refractivity contribution in [3.05, 3.63) is 53.3 Å². The van der Waals surface area contributed by atoms with E-state index in [9.17, 15) is 4.39 Å². The lowest BCUT2D eigenvalue weighted by molar-refractivity contribution is 0.173. The maximum absolute atomic E-state index is 13.1. The van der Waals surface area contributed by atoms with Gasteiger partial charge >= 0.3 is 0 Å². The van der Waals surface area contributed by atoms with Crippen molar-refractivity contribution in [2.75, 3.05) is 12.1 Å². The number of hydrogen-bond acceptors (Lipinski definition) is 4. The van der Waals surface area contributed by atoms with E-state index in [-0.39, 0.29) is 12.4 Å². The first-order chi connectivity index (χ1) is 9.78. The molecule has 0 amide bonds. The minimum Gasteiger partial charge on any atom is -0.454 e. The Morgan fingerprint density at radius 2 is 2.15 bits per heavy atom. The fourth-order valence-electron chi connectivity index (χ4n) is 2.08. The summed E-state index contributed by atoms with van der Waals surface area (Å²) in [6.07, 6.45) is 0. The van der Waals surface area contributed by atoms with E-state index >= 15 is 0 Å². The van der Waals surface area contributed by atoms with Crippen LogP contribution in [0.5, 0.6) is 11.5 Å². The molecule has 1 N–H and O–H groups in total. The molecule has 0 fully saturated rings. The summed E-state index contributed by atoms with van der Waals surface area (Å²) in [7, 11) is 0. The number of fused-ring (bicyclic) bond motifs is 1. The third-order valence-electron chi connectivity index (χ3n) is 3.05. The number of nitriles is 1. The van der Waals surface area contributed by atoms with Crippen LogP contribution in [-0.4, -0.2) is 6.79 Å². The van der Waals surface area contributed by atoms with E-state index in [1.165, 1.54) is 12.1 Å². The Kier molecular flexibility index (Phi) is 3.13. The smallest absolute Gasteiger partial charge is 0.231 e. The molecule has 2 aromatic carbocycles. The fourth-order valence-corrected chi connectivity index (χ4v) is 2.08. The quantitative estimate of drug-likeness (QED) is 0.931. The van der Waals surface area contributed by atoms with Crippen LogP contribution < -0.4 is 14.8 Å². The van der Waals surface area contributed by atoms with E-state index in [2.05, 4.69) is 5.32 Å². The first-order valence-electron chi connectivity index (χ1n) is 6.09. The molecule has 1 aliphatic heterocycles. The molecule has 0 unspecified atom stereocenters. The highest BCUT2D eigenvalue weighted by atomic mass is 19.1. The Hall–Kier alpha value is -2.74. The van der Waals surface area contributed by atoms with Gasteiger partial charge in [-0.1, -0.05) is 12.1 Å². The molecule has 0 radical (unpaired) electrons. The Morgan fingerprint density at radius 1 is 1.25 bits per heavy atom. The molecule has 100 valence electrons. The van der Waals surface area contributed by atoms with E-state index in [0.29, 0.717) is 23.7 Å². The lowest BCUT2D eigenvalue weighted by atomic mass is 10.1. The lowest BCUT2D eigenvalue weighted by Crippen LogP contribution is -2.03. The van der Waals surface area contributed by atoms with Gasteiger partial charge in [-0.15, -0.1) is 0 Å². The van der Waals surface area contributed by atoms with Crippen LogP contribution in [0.2, 0.25) is 0 Å². The Bertz CT molecular complexity index is 695. The number of halogens is 1. The van der Waals surface area contributed by atoms with Gasteiger partial charge in [0.25, 0.3) is 0 Å². The maximum Gasteiger partial charge on any atom is 0.231 e. The summed E-state index contributed by atoms with van der Waals surface area (Å²) in [6.45, 7) is 0.680. The van der Waals surface area contributed by atoms with Gasteiger partial charge in [0, 0.05) is 12.1 Å². The van der Waals surface area contributed by atoms with E-state index in [1.807, 2.05) is 24.3 Å². The van der Waals surface area contributed by atoms with Crippen LogP contribution in [0.4, 0.5) is 10.1 Å². The van der Waals surface area contributed by atoms with Crippen molar-refractivity contribution in [1.82, 2.24) is 0 Å². The molecule has 4 nitrogen and oxygen atoms in total. The molecule has 20 heavy (non-hydrogen) atoms. The third kappa shape index (κ3) is 2.24. The van der Waals surface area contributed by atoms with E-state index in [4.69, 9.17) is 14.7 Å². The largest absolute Gasteiger partial charge is 0.454 e. The summed E-state index contributed by atoms with van der Waals surface area (Å²) < 4.78 is 23.8. The van der Waals surface area contributed by atoms with Gasteiger partial charge in [0.15, 0.2) is 11.5 Å². The van der Waals surface area contributed by atoms with Gasteiger partial charge in [0.05, 0.1) is 11.3 Å². The van der Waals surface area contributed by atoms with Crippen molar-refractivity contribution in [1.29, 1.82) is 5.26 Å². The summed E-state index contributed by atoms with van der Waals surface area (Å²) in [5.41, 5.74) is 1.79. The van der Waals surface area contributed by atoms with Gasteiger partial charge in [0.2, 0.25) is 6.79 Å². The fraction of sp³-hybridized carbons (Fsp3) is 0.133. The number of anilines is 1. The summed E-state index contributed by atoms with van der Waals surface area (Å²) in [6, 6.07) is 11.7. The normalized spacial score (nSPS) is 12.0. The zero-order valence-electron chi connectivity index (χ0n) is 10.5. The van der Waals surface area contributed by atoms with Crippen molar-refractivity contribution in [2.45, 2.75) is 6.54 Å². The van der Waals surface area contributed by atoms with E-state index in [1.54, 1.807) is 6.07 Å². The summed E-state index contributed by atoms with van der Waals surface area (Å²) >= 11 is 0. The van der Waals surface area contributed by atoms with Gasteiger partial charge in [-0.3, -0.25) is 0 Å². The first-order valence-corrected chi connectivity index (χ1v) is 6.09. The van der Waals surface area contributed by atoms with Crippen molar-refractivity contribution < 1.29 is 13.9 Å². The molecule has 0 aliphatic carbocycles. The highest BCUT2D eigenvalue weighted by molar-refractivity contribution is 5.58. The second kappa shape index (κ2) is 5.10. The average molecular weight is 270 g/mol. The number of rotatable bonds is 3. The molecule has 0 bridgehead atoms. The standard InChI is InChI=1S/C15H11FN2O2/c16-12-4-5-13(11(6-12)7-17)18-8-10-2-1-3-14-15(10)20-9-19-14/h1-6,18H,8-9H2. The van der Waals surface area contributed by atoms with E-state index < -0.39 is 5.82 Å². The topological polar surface area (TPSA) is 54.3 Å². The van der Waals surface area contributed by atoms with Crippen LogP contribution in [0.3, 0.4) is 0 Å². The van der Waals surface area contributed by atoms with Gasteiger partial charge in [-0.2, -0.15) is 5.26 Å². The molecule has 0 aromatic heterocycles. The van der Waals surface area contributed by atoms with Crippen LogP contribution in [0, 0.1) is 17.1 Å². The monoisotopic (exact) mass is 270 g/mol. The molecule has 1 heterocycles. The molecule has 5 heteroatoms. The summed E-state index contributed by atoms with van der Waals surface area (Å²) in [5, 5.41) is 12.1. The van der Waals surface area contributed by atoms with Crippen LogP contribution in [0.15, 0.2) is 36.4 Å². The minimum absolute atomic E-state index is 0.215. The molecule has 0 saturated carbocycles. The van der Waals surface area contributed by atoms with Crippen LogP contribution in [-0.2, 0) is 6.54 Å². The first kappa shape index (κ1) is 12.3. The number of nitrogens with zero attached hydrogens (tertiary/aromatic N) is 1. The van der Waals surface area contributed by atoms with Crippen LogP contribution in [0.1, 0.15) is 11.1 Å². The van der Waals surface area contributed by atoms with Crippen molar-refractivity contribution in [2.24, 2.45) is 0 Å². The van der Waals surface area contributed by atoms with Crippen molar-refractivity contribution >= 4 is 5.69 Å². The van der Waals surface area contributed by atoms with Gasteiger partial charge in [-0.05, 0) is 24.3 Å². The molecule has 0 atom stereocenters. The van der Waals surface area contributed by atoms with Gasteiger partial charge < -0.3 is 14.8 Å². The average Bonchev–Trinajstić information content (AvgIpc) is 2.94. The second-order valence-electron chi connectivity index (χ2n) is 4.31. The molecule has 1 aliphatic rings. The molecule has 0 spiro atoms. The Labute approximate surface area is 115 Å². The van der Waals surface area contributed by atoms with Crippen molar-refractivity contribution in [3.63, 3.8) is 0 Å². The molecular weight excluding hydrogens is 259 g/mol. The molecule has 2 aromatic rings. The van der Waals surface area contributed by atoms with Crippen molar-refractivity contribution in [3.8, 4) is 17.6 Å². The summed E-state index contributed by atoms with van der Waals surface area (Å²) in [5.74, 6) is 0.994. The lowest BCUT2D eigenvalue weighted by Gasteiger charge is -2.10. The zero-order chi connectivity index (χ0) is 13.9. The maximum atomic E-state index is 13.1. The molecular formula is C15H11FN2O2. The molecule has 0 saturated heterocycles.